The molecule has 0 radical (unpaired) electrons. The first-order chi connectivity index (χ1) is 7.11. The van der Waals surface area contributed by atoms with Gasteiger partial charge in [0.1, 0.15) is 0 Å². The Kier molecular flexibility index (Phi) is 4.37. The van der Waals surface area contributed by atoms with Crippen molar-refractivity contribution in [1.29, 1.82) is 0 Å². The van der Waals surface area contributed by atoms with E-state index in [0.717, 1.165) is 5.56 Å². The number of carboxylic acids is 1. The van der Waals surface area contributed by atoms with E-state index in [4.69, 9.17) is 5.11 Å². The number of aromatic carboxylic acids is 1. The standard InChI is InChI=1S/C11H12O3S/c1-8(12)15-7-6-9-4-2-3-5-10(9)11(13)14/h2-5H,6-7H2,1H3,(H,13,14). The maximum absolute atomic E-state index is 10.8. The van der Waals surface area contributed by atoms with E-state index >= 15 is 0 Å². The maximum Gasteiger partial charge on any atom is 0.335 e. The number of carbonyl (C=O) groups is 2. The summed E-state index contributed by atoms with van der Waals surface area (Å²) in [4.78, 5) is 21.5. The predicted molar refractivity (Wildman–Crippen MR) is 60.2 cm³/mol. The monoisotopic (exact) mass is 224 g/mol. The molecular weight excluding hydrogens is 212 g/mol. The highest BCUT2D eigenvalue weighted by molar-refractivity contribution is 8.13. The third-order valence-electron chi connectivity index (χ3n) is 1.92. The summed E-state index contributed by atoms with van der Waals surface area (Å²) in [7, 11) is 0. The largest absolute Gasteiger partial charge is 0.478 e. The number of hydrogen-bond acceptors (Lipinski definition) is 3. The molecule has 4 heteroatoms. The molecular formula is C11H12O3S. The van der Waals surface area contributed by atoms with E-state index in [1.54, 1.807) is 24.3 Å². The number of thioether (sulfide) groups is 1. The number of carbonyl (C=O) groups excluding carboxylic acids is 1. The lowest BCUT2D eigenvalue weighted by atomic mass is 10.1. The van der Waals surface area contributed by atoms with Crippen molar-refractivity contribution in [1.82, 2.24) is 0 Å². The zero-order valence-electron chi connectivity index (χ0n) is 8.40. The van der Waals surface area contributed by atoms with Crippen LogP contribution in [0, 0.1) is 0 Å². The van der Waals surface area contributed by atoms with Crippen molar-refractivity contribution in [3.05, 3.63) is 35.4 Å². The van der Waals surface area contributed by atoms with Crippen LogP contribution in [0.15, 0.2) is 24.3 Å². The van der Waals surface area contributed by atoms with E-state index in [1.165, 1.54) is 18.7 Å². The highest BCUT2D eigenvalue weighted by Crippen LogP contribution is 2.12. The third-order valence-corrected chi connectivity index (χ3v) is 2.74. The molecule has 1 rings (SSSR count). The van der Waals surface area contributed by atoms with Gasteiger partial charge in [0.25, 0.3) is 0 Å². The lowest BCUT2D eigenvalue weighted by Crippen LogP contribution is -2.03. The molecule has 0 aliphatic rings. The fraction of sp³-hybridized carbons (Fsp3) is 0.273. The molecule has 0 saturated carbocycles. The van der Waals surface area contributed by atoms with E-state index in [0.29, 0.717) is 17.7 Å². The lowest BCUT2D eigenvalue weighted by Gasteiger charge is -2.04. The van der Waals surface area contributed by atoms with E-state index in [2.05, 4.69) is 0 Å². The molecule has 1 aromatic rings. The van der Waals surface area contributed by atoms with Crippen molar-refractivity contribution >= 4 is 22.8 Å². The predicted octanol–water partition coefficient (Wildman–Crippen LogP) is 2.21. The molecule has 15 heavy (non-hydrogen) atoms. The molecule has 0 heterocycles. The molecule has 0 aliphatic heterocycles. The van der Waals surface area contributed by atoms with E-state index in [-0.39, 0.29) is 5.12 Å². The number of aryl methyl sites for hydroxylation is 1. The van der Waals surface area contributed by atoms with Gasteiger partial charge in [-0.25, -0.2) is 4.79 Å². The summed E-state index contributed by atoms with van der Waals surface area (Å²) < 4.78 is 0. The van der Waals surface area contributed by atoms with Crippen molar-refractivity contribution in [3.8, 4) is 0 Å². The van der Waals surface area contributed by atoms with Crippen LogP contribution in [0.2, 0.25) is 0 Å². The first-order valence-electron chi connectivity index (χ1n) is 4.56. The summed E-state index contributed by atoms with van der Waals surface area (Å²) >= 11 is 1.21. The summed E-state index contributed by atoms with van der Waals surface area (Å²) in [6.07, 6.45) is 0.604. The van der Waals surface area contributed by atoms with Gasteiger partial charge >= 0.3 is 5.97 Å². The zero-order valence-corrected chi connectivity index (χ0v) is 9.21. The second kappa shape index (κ2) is 5.56. The van der Waals surface area contributed by atoms with Crippen molar-refractivity contribution < 1.29 is 14.7 Å². The molecule has 1 aromatic carbocycles. The zero-order chi connectivity index (χ0) is 11.3. The van der Waals surface area contributed by atoms with Gasteiger partial charge < -0.3 is 5.11 Å². The molecule has 80 valence electrons. The van der Waals surface area contributed by atoms with Crippen LogP contribution in [0.25, 0.3) is 0 Å². The van der Waals surface area contributed by atoms with Crippen LogP contribution in [-0.4, -0.2) is 21.9 Å². The highest BCUT2D eigenvalue weighted by Gasteiger charge is 2.08. The van der Waals surface area contributed by atoms with Crippen LogP contribution in [0.1, 0.15) is 22.8 Å². The Hall–Kier alpha value is -1.29. The van der Waals surface area contributed by atoms with Gasteiger partial charge in [0.2, 0.25) is 0 Å². The molecule has 0 fully saturated rings. The normalized spacial score (nSPS) is 9.93. The smallest absolute Gasteiger partial charge is 0.335 e. The van der Waals surface area contributed by atoms with Gasteiger partial charge in [-0.1, -0.05) is 30.0 Å². The Morgan fingerprint density at radius 2 is 2.00 bits per heavy atom. The van der Waals surface area contributed by atoms with Crippen LogP contribution in [0.4, 0.5) is 0 Å². The Balaban J connectivity index is 2.67. The summed E-state index contributed by atoms with van der Waals surface area (Å²) in [5.74, 6) is -0.293. The molecule has 0 amide bonds. The minimum atomic E-state index is -0.918. The lowest BCUT2D eigenvalue weighted by molar-refractivity contribution is -0.109. The molecule has 0 saturated heterocycles. The summed E-state index contributed by atoms with van der Waals surface area (Å²) in [6.45, 7) is 1.51. The fourth-order valence-electron chi connectivity index (χ4n) is 1.25. The number of rotatable bonds is 4. The van der Waals surface area contributed by atoms with Crippen LogP contribution < -0.4 is 0 Å². The van der Waals surface area contributed by atoms with E-state index < -0.39 is 5.97 Å². The Labute approximate surface area is 92.5 Å². The molecule has 0 spiro atoms. The number of carboxylic acid groups (broad SMARTS) is 1. The first-order valence-corrected chi connectivity index (χ1v) is 5.54. The van der Waals surface area contributed by atoms with Gasteiger partial charge in [-0.2, -0.15) is 0 Å². The van der Waals surface area contributed by atoms with Gasteiger partial charge in [-0.05, 0) is 18.1 Å². The topological polar surface area (TPSA) is 54.4 Å². The Morgan fingerprint density at radius 1 is 1.33 bits per heavy atom. The Morgan fingerprint density at radius 3 is 2.60 bits per heavy atom. The van der Waals surface area contributed by atoms with Crippen LogP contribution in [0.5, 0.6) is 0 Å². The molecule has 3 nitrogen and oxygen atoms in total. The minimum Gasteiger partial charge on any atom is -0.478 e. The van der Waals surface area contributed by atoms with Gasteiger partial charge in [0.15, 0.2) is 5.12 Å². The molecule has 0 aromatic heterocycles. The molecule has 0 unspecified atom stereocenters. The van der Waals surface area contributed by atoms with Crippen LogP contribution in [-0.2, 0) is 11.2 Å². The van der Waals surface area contributed by atoms with Crippen molar-refractivity contribution in [2.45, 2.75) is 13.3 Å². The van der Waals surface area contributed by atoms with Crippen LogP contribution >= 0.6 is 11.8 Å². The highest BCUT2D eigenvalue weighted by atomic mass is 32.2. The van der Waals surface area contributed by atoms with E-state index in [1.807, 2.05) is 0 Å². The summed E-state index contributed by atoms with van der Waals surface area (Å²) in [6, 6.07) is 6.87. The van der Waals surface area contributed by atoms with E-state index in [9.17, 15) is 9.59 Å². The Bertz CT molecular complexity index is 374. The van der Waals surface area contributed by atoms with Gasteiger partial charge in [0.05, 0.1) is 5.56 Å². The van der Waals surface area contributed by atoms with Crippen molar-refractivity contribution in [3.63, 3.8) is 0 Å². The number of hydrogen-bond donors (Lipinski definition) is 1. The minimum absolute atomic E-state index is 0.0582. The van der Waals surface area contributed by atoms with Crippen LogP contribution in [0.3, 0.4) is 0 Å². The van der Waals surface area contributed by atoms with Gasteiger partial charge in [-0.15, -0.1) is 0 Å². The van der Waals surface area contributed by atoms with Crippen molar-refractivity contribution in [2.24, 2.45) is 0 Å². The third kappa shape index (κ3) is 3.75. The van der Waals surface area contributed by atoms with Crippen molar-refractivity contribution in [2.75, 3.05) is 5.75 Å². The maximum atomic E-state index is 10.8. The average Bonchev–Trinajstić information content (AvgIpc) is 2.17. The van der Waals surface area contributed by atoms with Gasteiger partial charge in [-0.3, -0.25) is 4.79 Å². The first kappa shape index (κ1) is 11.8. The summed E-state index contributed by atoms with van der Waals surface area (Å²) in [5, 5.41) is 8.96. The second-order valence-electron chi connectivity index (χ2n) is 3.05. The number of benzene rings is 1. The summed E-state index contributed by atoms with van der Waals surface area (Å²) in [5.41, 5.74) is 1.10. The molecule has 0 bridgehead atoms. The molecule has 1 N–H and O–H groups in total. The quantitative estimate of drug-likeness (QED) is 0.851. The second-order valence-corrected chi connectivity index (χ2v) is 4.32. The molecule has 0 atom stereocenters. The molecule has 0 aliphatic carbocycles. The van der Waals surface area contributed by atoms with Gasteiger partial charge in [0, 0.05) is 12.7 Å². The fourth-order valence-corrected chi connectivity index (χ4v) is 1.86. The average molecular weight is 224 g/mol. The SMILES string of the molecule is CC(=O)SCCc1ccccc1C(=O)O.